The summed E-state index contributed by atoms with van der Waals surface area (Å²) in [6, 6.07) is 4.19. The molecule has 0 amide bonds. The lowest BCUT2D eigenvalue weighted by Gasteiger charge is -2.56. The summed E-state index contributed by atoms with van der Waals surface area (Å²) in [6.45, 7) is 7.39. The van der Waals surface area contributed by atoms with Crippen LogP contribution in [0.4, 0.5) is 0 Å². The fourth-order valence-electron chi connectivity index (χ4n) is 7.72. The van der Waals surface area contributed by atoms with E-state index in [0.717, 1.165) is 57.7 Å². The van der Waals surface area contributed by atoms with Gasteiger partial charge in [0.2, 0.25) is 0 Å². The topological polar surface area (TPSA) is 61.8 Å². The maximum atomic E-state index is 12.9. The van der Waals surface area contributed by atoms with Crippen molar-refractivity contribution in [1.29, 1.82) is 0 Å². The fraction of sp³-hybridized carbons (Fsp3) is 0.714. The predicted octanol–water partition coefficient (Wildman–Crippen LogP) is 5.48. The van der Waals surface area contributed by atoms with Gasteiger partial charge in [0.15, 0.2) is 6.29 Å². The van der Waals surface area contributed by atoms with Gasteiger partial charge in [0.25, 0.3) is 0 Å². The van der Waals surface area contributed by atoms with Gasteiger partial charge in [-0.25, -0.2) is 0 Å². The average Bonchev–Trinajstić information content (AvgIpc) is 3.08. The minimum atomic E-state index is -0.366. The van der Waals surface area contributed by atoms with E-state index in [4.69, 9.17) is 14.2 Å². The standard InChI is InChI=1S/C28H38O5/c1-26(2)11-12-28(33-25(26)30)10-8-23-21-6-5-18-16-24(32-14-13-31-4)19(17-29)15-22(18)20(21)7-9-27(23,28)3/h15-17,20-21,23H,5-14H2,1-4H3. The molecular formula is C28H38O5. The lowest BCUT2D eigenvalue weighted by molar-refractivity contribution is -0.206. The number of aryl methyl sites for hydroxylation is 1. The maximum absolute atomic E-state index is 12.9. The molecule has 0 bridgehead atoms. The Hall–Kier alpha value is -1.88. The van der Waals surface area contributed by atoms with Gasteiger partial charge in [-0.15, -0.1) is 0 Å². The van der Waals surface area contributed by atoms with Gasteiger partial charge in [0, 0.05) is 12.5 Å². The van der Waals surface area contributed by atoms with E-state index in [1.165, 1.54) is 11.1 Å². The van der Waals surface area contributed by atoms with Gasteiger partial charge in [0.05, 0.1) is 17.6 Å². The molecule has 5 heteroatoms. The Morgan fingerprint density at radius 3 is 2.61 bits per heavy atom. The normalized spacial score (nSPS) is 36.5. The van der Waals surface area contributed by atoms with Crippen molar-refractivity contribution in [3.63, 3.8) is 0 Å². The van der Waals surface area contributed by atoms with Gasteiger partial charge in [-0.1, -0.05) is 6.92 Å². The minimum Gasteiger partial charge on any atom is -0.490 e. The molecule has 5 unspecified atom stereocenters. The zero-order chi connectivity index (χ0) is 23.4. The quantitative estimate of drug-likeness (QED) is 0.335. The fourth-order valence-corrected chi connectivity index (χ4v) is 7.72. The molecule has 0 radical (unpaired) electrons. The molecule has 2 saturated carbocycles. The third-order valence-electron chi connectivity index (χ3n) is 9.81. The summed E-state index contributed by atoms with van der Waals surface area (Å²) < 4.78 is 17.3. The Morgan fingerprint density at radius 1 is 1.06 bits per heavy atom. The third-order valence-corrected chi connectivity index (χ3v) is 9.81. The first kappa shape index (κ1) is 22.9. The Labute approximate surface area is 197 Å². The van der Waals surface area contributed by atoms with Gasteiger partial charge < -0.3 is 14.2 Å². The predicted molar refractivity (Wildman–Crippen MR) is 126 cm³/mol. The summed E-state index contributed by atoms with van der Waals surface area (Å²) >= 11 is 0. The summed E-state index contributed by atoms with van der Waals surface area (Å²) in [5.41, 5.74) is 2.71. The van der Waals surface area contributed by atoms with E-state index in [1.807, 2.05) is 13.8 Å². The second-order valence-electron chi connectivity index (χ2n) is 11.7. The smallest absolute Gasteiger partial charge is 0.312 e. The second kappa shape index (κ2) is 8.11. The molecule has 3 aliphatic carbocycles. The lowest BCUT2D eigenvalue weighted by atomic mass is 9.52. The Kier molecular flexibility index (Phi) is 5.63. The molecule has 5 nitrogen and oxygen atoms in total. The third kappa shape index (κ3) is 3.45. The second-order valence-corrected chi connectivity index (χ2v) is 11.7. The molecule has 1 aromatic rings. The van der Waals surface area contributed by atoms with Crippen molar-refractivity contribution in [1.82, 2.24) is 0 Å². The summed E-state index contributed by atoms with van der Waals surface area (Å²) in [7, 11) is 1.65. The van der Waals surface area contributed by atoms with E-state index in [2.05, 4.69) is 19.1 Å². The summed E-state index contributed by atoms with van der Waals surface area (Å²) in [5, 5.41) is 0. The molecule has 1 aliphatic heterocycles. The summed E-state index contributed by atoms with van der Waals surface area (Å²) in [6.07, 6.45) is 9.31. The Bertz CT molecular complexity index is 952. The van der Waals surface area contributed by atoms with Crippen LogP contribution in [0, 0.1) is 22.7 Å². The number of hydrogen-bond donors (Lipinski definition) is 0. The van der Waals surface area contributed by atoms with Crippen LogP contribution < -0.4 is 4.74 Å². The van der Waals surface area contributed by atoms with Crippen LogP contribution in [0.25, 0.3) is 0 Å². The Morgan fingerprint density at radius 2 is 1.88 bits per heavy atom. The highest BCUT2D eigenvalue weighted by molar-refractivity contribution is 5.80. The van der Waals surface area contributed by atoms with E-state index in [9.17, 15) is 9.59 Å². The molecule has 5 atom stereocenters. The van der Waals surface area contributed by atoms with Crippen LogP contribution >= 0.6 is 0 Å². The number of esters is 1. The zero-order valence-corrected chi connectivity index (χ0v) is 20.6. The monoisotopic (exact) mass is 454 g/mol. The maximum Gasteiger partial charge on any atom is 0.312 e. The van der Waals surface area contributed by atoms with Crippen LogP contribution in [-0.2, 0) is 20.7 Å². The van der Waals surface area contributed by atoms with Crippen LogP contribution in [0.2, 0.25) is 0 Å². The van der Waals surface area contributed by atoms with E-state index in [-0.39, 0.29) is 22.4 Å². The molecule has 180 valence electrons. The zero-order valence-electron chi connectivity index (χ0n) is 20.6. The van der Waals surface area contributed by atoms with Crippen LogP contribution in [-0.4, -0.2) is 38.2 Å². The van der Waals surface area contributed by atoms with Crippen molar-refractivity contribution >= 4 is 12.3 Å². The molecule has 1 aromatic carbocycles. The number of hydrogen-bond acceptors (Lipinski definition) is 5. The number of rotatable bonds is 5. The van der Waals surface area contributed by atoms with Crippen molar-refractivity contribution < 1.29 is 23.8 Å². The highest BCUT2D eigenvalue weighted by atomic mass is 16.6. The highest BCUT2D eigenvalue weighted by Crippen LogP contribution is 2.67. The highest BCUT2D eigenvalue weighted by Gasteiger charge is 2.65. The molecule has 4 aliphatic rings. The number of ether oxygens (including phenoxy) is 3. The SMILES string of the molecule is COCCOc1cc2c(cc1C=O)C1CCC3(C)C(CCC34CCC(C)(C)C(=O)O4)C1CC2. The summed E-state index contributed by atoms with van der Waals surface area (Å²) in [4.78, 5) is 24.7. The molecule has 0 aromatic heterocycles. The molecule has 5 rings (SSSR count). The summed E-state index contributed by atoms with van der Waals surface area (Å²) in [5.74, 6) is 2.30. The van der Waals surface area contributed by atoms with Gasteiger partial charge in [-0.3, -0.25) is 9.59 Å². The number of aldehydes is 1. The molecule has 1 saturated heterocycles. The first-order valence-electron chi connectivity index (χ1n) is 12.7. The molecule has 1 spiro atoms. The largest absolute Gasteiger partial charge is 0.490 e. The van der Waals surface area contributed by atoms with E-state index in [0.29, 0.717) is 42.3 Å². The van der Waals surface area contributed by atoms with Crippen molar-refractivity contribution in [3.8, 4) is 5.75 Å². The van der Waals surface area contributed by atoms with Crippen molar-refractivity contribution in [2.24, 2.45) is 22.7 Å². The van der Waals surface area contributed by atoms with Gasteiger partial charge in [-0.2, -0.15) is 0 Å². The number of benzene rings is 1. The minimum absolute atomic E-state index is 0.0108. The van der Waals surface area contributed by atoms with Crippen molar-refractivity contribution in [3.05, 3.63) is 28.8 Å². The van der Waals surface area contributed by atoms with Gasteiger partial charge in [-0.05, 0) is 106 Å². The van der Waals surface area contributed by atoms with Crippen LogP contribution in [0.3, 0.4) is 0 Å². The van der Waals surface area contributed by atoms with E-state index in [1.54, 1.807) is 7.11 Å². The number of carbonyl (C=O) groups is 2. The lowest BCUT2D eigenvalue weighted by Crippen LogP contribution is -2.56. The molecule has 1 heterocycles. The number of fused-ring (bicyclic) bond motifs is 6. The average molecular weight is 455 g/mol. The van der Waals surface area contributed by atoms with Gasteiger partial charge in [0.1, 0.15) is 18.0 Å². The van der Waals surface area contributed by atoms with Crippen LogP contribution in [0.5, 0.6) is 5.75 Å². The van der Waals surface area contributed by atoms with Gasteiger partial charge >= 0.3 is 5.97 Å². The number of methoxy groups -OCH3 is 1. The Balaban J connectivity index is 1.42. The first-order valence-corrected chi connectivity index (χ1v) is 12.7. The number of carbonyl (C=O) groups excluding carboxylic acids is 2. The van der Waals surface area contributed by atoms with E-state index >= 15 is 0 Å². The molecule has 3 fully saturated rings. The van der Waals surface area contributed by atoms with Crippen molar-refractivity contribution in [2.45, 2.75) is 83.7 Å². The molecule has 33 heavy (non-hydrogen) atoms. The first-order chi connectivity index (χ1) is 15.7. The van der Waals surface area contributed by atoms with Crippen LogP contribution in [0.1, 0.15) is 93.1 Å². The van der Waals surface area contributed by atoms with E-state index < -0.39 is 0 Å². The molecular weight excluding hydrogens is 416 g/mol. The molecule has 0 N–H and O–H groups in total. The van der Waals surface area contributed by atoms with Crippen molar-refractivity contribution in [2.75, 3.05) is 20.3 Å². The van der Waals surface area contributed by atoms with Crippen LogP contribution in [0.15, 0.2) is 12.1 Å².